The predicted octanol–water partition coefficient (Wildman–Crippen LogP) is 4.44. The fourth-order valence-electron chi connectivity index (χ4n) is 2.37. The summed E-state index contributed by atoms with van der Waals surface area (Å²) >= 11 is 0. The van der Waals surface area contributed by atoms with Crippen LogP contribution in [0.3, 0.4) is 0 Å². The molecule has 1 saturated heterocycles. The second kappa shape index (κ2) is 11.3. The van der Waals surface area contributed by atoms with Gasteiger partial charge in [0.1, 0.15) is 0 Å². The molecule has 1 aliphatic heterocycles. The fraction of sp³-hybridized carbons (Fsp3) is 0.364. The molecule has 0 bridgehead atoms. The number of likely N-dealkylation sites (N-methyl/N-ethyl adjacent to an activating group) is 1. The van der Waals surface area contributed by atoms with Crippen molar-refractivity contribution in [1.82, 2.24) is 4.90 Å². The summed E-state index contributed by atoms with van der Waals surface area (Å²) < 4.78 is 0. The van der Waals surface area contributed by atoms with Crippen molar-refractivity contribution in [1.29, 1.82) is 0 Å². The molecular weight excluding hydrogens is 292 g/mol. The van der Waals surface area contributed by atoms with Gasteiger partial charge in [-0.2, -0.15) is 0 Å². The summed E-state index contributed by atoms with van der Waals surface area (Å²) in [5, 5.41) is 0. The van der Waals surface area contributed by atoms with E-state index in [-0.39, 0.29) is 0 Å². The van der Waals surface area contributed by atoms with Gasteiger partial charge >= 0.3 is 0 Å². The maximum absolute atomic E-state index is 5.33. The minimum Gasteiger partial charge on any atom is -0.369 e. The Morgan fingerprint density at radius 3 is 1.79 bits per heavy atom. The highest BCUT2D eigenvalue weighted by atomic mass is 15.2. The van der Waals surface area contributed by atoms with Crippen LogP contribution in [-0.2, 0) is 0 Å². The van der Waals surface area contributed by atoms with Crippen LogP contribution < -0.4 is 4.90 Å². The van der Waals surface area contributed by atoms with E-state index in [2.05, 4.69) is 54.0 Å². The monoisotopic (exact) mass is 322 g/mol. The van der Waals surface area contributed by atoms with E-state index < -0.39 is 0 Å². The predicted molar refractivity (Wildman–Crippen MR) is 107 cm³/mol. The lowest BCUT2D eigenvalue weighted by Crippen LogP contribution is -2.44. The van der Waals surface area contributed by atoms with Crippen molar-refractivity contribution in [2.45, 2.75) is 20.8 Å². The Balaban J connectivity index is 0.000000268. The van der Waals surface area contributed by atoms with Crippen LogP contribution >= 0.6 is 0 Å². The molecule has 0 saturated carbocycles. The molecule has 0 atom stereocenters. The zero-order valence-corrected chi connectivity index (χ0v) is 15.5. The van der Waals surface area contributed by atoms with Crippen molar-refractivity contribution in [3.8, 4) is 12.3 Å². The molecule has 128 valence electrons. The second-order valence-corrected chi connectivity index (χ2v) is 5.64. The lowest BCUT2D eigenvalue weighted by Gasteiger charge is -2.34. The number of anilines is 1. The maximum Gasteiger partial charge on any atom is 0.0367 e. The number of terminal acetylenes is 1. The molecule has 0 spiro atoms. The summed E-state index contributed by atoms with van der Waals surface area (Å²) in [6.45, 7) is 10.6. The summed E-state index contributed by atoms with van der Waals surface area (Å²) in [7, 11) is 2.17. The average Bonchev–Trinajstić information content (AvgIpc) is 2.65. The first-order chi connectivity index (χ1) is 11.7. The van der Waals surface area contributed by atoms with Crippen LogP contribution in [0.5, 0.6) is 0 Å². The summed E-state index contributed by atoms with van der Waals surface area (Å²) in [6.07, 6.45) is 5.33. The molecule has 2 heteroatoms. The molecule has 2 nitrogen and oxygen atoms in total. The van der Waals surface area contributed by atoms with Gasteiger partial charge in [0.2, 0.25) is 0 Å². The molecule has 1 heterocycles. The van der Waals surface area contributed by atoms with Crippen LogP contribution in [0.2, 0.25) is 0 Å². The molecular formula is C22H30N2. The van der Waals surface area contributed by atoms with Crippen molar-refractivity contribution in [2.75, 3.05) is 38.1 Å². The Kier molecular flexibility index (Phi) is 9.34. The molecule has 1 aliphatic rings. The zero-order chi connectivity index (χ0) is 17.8. The van der Waals surface area contributed by atoms with Crippen molar-refractivity contribution in [2.24, 2.45) is 0 Å². The van der Waals surface area contributed by atoms with Crippen LogP contribution in [0.4, 0.5) is 5.69 Å². The Labute approximate surface area is 148 Å². The van der Waals surface area contributed by atoms with E-state index in [0.717, 1.165) is 31.7 Å². The van der Waals surface area contributed by atoms with E-state index in [4.69, 9.17) is 6.42 Å². The number of piperazine rings is 1. The van der Waals surface area contributed by atoms with Crippen molar-refractivity contribution >= 4 is 5.69 Å². The maximum atomic E-state index is 5.33. The SMILES string of the molecule is C#Cc1ccc(N2CCN(C)CC2)cc1.CC.Cc1ccccc1. The lowest BCUT2D eigenvalue weighted by molar-refractivity contribution is 0.313. The molecule has 0 aromatic heterocycles. The first-order valence-corrected chi connectivity index (χ1v) is 8.71. The fourth-order valence-corrected chi connectivity index (χ4v) is 2.37. The van der Waals surface area contributed by atoms with Crippen LogP contribution in [0.15, 0.2) is 54.6 Å². The van der Waals surface area contributed by atoms with Gasteiger partial charge in [-0.25, -0.2) is 0 Å². The number of hydrogen-bond acceptors (Lipinski definition) is 2. The third-order valence-electron chi connectivity index (χ3n) is 3.84. The molecule has 0 amide bonds. The molecule has 0 unspecified atom stereocenters. The van der Waals surface area contributed by atoms with E-state index in [1.807, 2.05) is 44.2 Å². The van der Waals surface area contributed by atoms with E-state index >= 15 is 0 Å². The largest absolute Gasteiger partial charge is 0.369 e. The summed E-state index contributed by atoms with van der Waals surface area (Å²) in [5.41, 5.74) is 3.55. The number of aryl methyl sites for hydroxylation is 1. The van der Waals surface area contributed by atoms with Gasteiger partial charge in [-0.05, 0) is 38.2 Å². The standard InChI is InChI=1S/C13H16N2.C7H8.C2H6/c1-3-12-4-6-13(7-5-12)15-10-8-14(2)9-11-15;1-7-5-3-2-4-6-7;1-2/h1,4-7H,8-11H2,2H3;2-6H,1H3;1-2H3. The lowest BCUT2D eigenvalue weighted by atomic mass is 10.2. The van der Waals surface area contributed by atoms with Crippen molar-refractivity contribution in [3.05, 3.63) is 65.7 Å². The Morgan fingerprint density at radius 1 is 0.833 bits per heavy atom. The molecule has 1 fully saturated rings. The molecule has 0 radical (unpaired) electrons. The van der Waals surface area contributed by atoms with Crippen molar-refractivity contribution in [3.63, 3.8) is 0 Å². The van der Waals surface area contributed by atoms with Gasteiger partial charge in [-0.3, -0.25) is 0 Å². The molecule has 2 aromatic rings. The zero-order valence-electron chi connectivity index (χ0n) is 15.5. The third kappa shape index (κ3) is 6.89. The number of benzene rings is 2. The van der Waals surface area contributed by atoms with Crippen LogP contribution in [0.1, 0.15) is 25.0 Å². The number of rotatable bonds is 1. The van der Waals surface area contributed by atoms with E-state index in [1.165, 1.54) is 11.3 Å². The summed E-state index contributed by atoms with van der Waals surface area (Å²) in [5.74, 6) is 2.64. The highest BCUT2D eigenvalue weighted by Crippen LogP contribution is 2.16. The van der Waals surface area contributed by atoms with Gasteiger partial charge in [-0.1, -0.05) is 55.7 Å². The Morgan fingerprint density at radius 2 is 1.38 bits per heavy atom. The van der Waals surface area contributed by atoms with Gasteiger partial charge in [0.15, 0.2) is 0 Å². The Hall–Kier alpha value is -2.24. The number of hydrogen-bond donors (Lipinski definition) is 0. The van der Waals surface area contributed by atoms with Gasteiger partial charge in [0.05, 0.1) is 0 Å². The number of nitrogens with zero attached hydrogens (tertiary/aromatic N) is 2. The second-order valence-electron chi connectivity index (χ2n) is 5.64. The molecule has 0 aliphatic carbocycles. The molecule has 2 aromatic carbocycles. The average molecular weight is 322 g/mol. The summed E-state index contributed by atoms with van der Waals surface area (Å²) in [6, 6.07) is 18.5. The first-order valence-electron chi connectivity index (χ1n) is 8.71. The summed E-state index contributed by atoms with van der Waals surface area (Å²) in [4.78, 5) is 4.76. The van der Waals surface area contributed by atoms with Gasteiger partial charge in [0, 0.05) is 37.4 Å². The topological polar surface area (TPSA) is 6.48 Å². The smallest absolute Gasteiger partial charge is 0.0367 e. The van der Waals surface area contributed by atoms with E-state index in [9.17, 15) is 0 Å². The highest BCUT2D eigenvalue weighted by Gasteiger charge is 2.13. The molecule has 24 heavy (non-hydrogen) atoms. The quantitative estimate of drug-likeness (QED) is 0.716. The van der Waals surface area contributed by atoms with Gasteiger partial charge in [0.25, 0.3) is 0 Å². The normalized spacial score (nSPS) is 13.7. The minimum absolute atomic E-state index is 0.952. The van der Waals surface area contributed by atoms with Crippen LogP contribution in [-0.4, -0.2) is 38.1 Å². The van der Waals surface area contributed by atoms with Gasteiger partial charge in [-0.15, -0.1) is 6.42 Å². The third-order valence-corrected chi connectivity index (χ3v) is 3.84. The van der Waals surface area contributed by atoms with E-state index in [1.54, 1.807) is 0 Å². The molecule has 0 N–H and O–H groups in total. The first kappa shape index (κ1) is 19.8. The van der Waals surface area contributed by atoms with Gasteiger partial charge < -0.3 is 9.80 Å². The molecule has 3 rings (SSSR count). The van der Waals surface area contributed by atoms with Crippen LogP contribution in [0.25, 0.3) is 0 Å². The van der Waals surface area contributed by atoms with E-state index in [0.29, 0.717) is 0 Å². The Bertz CT molecular complexity index is 588. The highest BCUT2D eigenvalue weighted by molar-refractivity contribution is 5.50. The minimum atomic E-state index is 0.952. The van der Waals surface area contributed by atoms with Crippen molar-refractivity contribution < 1.29 is 0 Å². The van der Waals surface area contributed by atoms with Crippen LogP contribution in [0, 0.1) is 19.3 Å².